The Morgan fingerprint density at radius 2 is 1.79 bits per heavy atom. The number of nitrogens with one attached hydrogen (secondary N) is 1. The van der Waals surface area contributed by atoms with E-state index in [1.807, 2.05) is 19.1 Å². The number of ether oxygens (including phenoxy) is 2. The molecule has 2 aromatic heterocycles. The summed E-state index contributed by atoms with van der Waals surface area (Å²) in [6.07, 6.45) is 3.35. The van der Waals surface area contributed by atoms with E-state index >= 15 is 0 Å². The molecular weight excluding hydrogens is 474 g/mol. The highest BCUT2D eigenvalue weighted by atomic mass is 32.2. The molecule has 0 atom stereocenters. The minimum Gasteiger partial charge on any atom is -0.493 e. The van der Waals surface area contributed by atoms with Gasteiger partial charge in [0.15, 0.2) is 11.5 Å². The molecule has 34 heavy (non-hydrogen) atoms. The molecule has 0 spiro atoms. The van der Waals surface area contributed by atoms with Crippen LogP contribution >= 0.6 is 11.8 Å². The molecule has 0 bridgehead atoms. The number of benzene rings is 2. The van der Waals surface area contributed by atoms with Gasteiger partial charge in [0.05, 0.1) is 19.1 Å². The number of hydrogen-bond donors (Lipinski definition) is 1. The molecule has 0 aliphatic carbocycles. The summed E-state index contributed by atoms with van der Waals surface area (Å²) >= 11 is 1.55. The maximum atomic E-state index is 12.9. The maximum Gasteiger partial charge on any atom is 0.262 e. The van der Waals surface area contributed by atoms with Crippen molar-refractivity contribution in [3.63, 3.8) is 0 Å². The molecule has 0 amide bonds. The van der Waals surface area contributed by atoms with Crippen LogP contribution in [0.1, 0.15) is 24.6 Å². The standard InChI is InChI=1S/C23H25N5O4S2/c1-5-6-19-15(2)26-23-24-14-25-28(23)22(19)33-17-9-7-16(8-10-17)27-34(29,30)18-11-12-20(31-3)21(13-18)32-4/h7-14,27H,5-6H2,1-4H3. The number of anilines is 1. The zero-order valence-electron chi connectivity index (χ0n) is 19.3. The Morgan fingerprint density at radius 1 is 1.06 bits per heavy atom. The molecule has 0 aliphatic rings. The molecule has 0 unspecified atom stereocenters. The smallest absolute Gasteiger partial charge is 0.262 e. The first-order valence-electron chi connectivity index (χ1n) is 10.6. The molecule has 11 heteroatoms. The summed E-state index contributed by atoms with van der Waals surface area (Å²) in [5, 5.41) is 5.30. The Hall–Kier alpha value is -3.31. The van der Waals surface area contributed by atoms with Gasteiger partial charge in [0.1, 0.15) is 11.4 Å². The van der Waals surface area contributed by atoms with Crippen LogP contribution in [0.2, 0.25) is 0 Å². The quantitative estimate of drug-likeness (QED) is 0.339. The predicted molar refractivity (Wildman–Crippen MR) is 130 cm³/mol. The van der Waals surface area contributed by atoms with E-state index in [1.54, 1.807) is 34.5 Å². The summed E-state index contributed by atoms with van der Waals surface area (Å²) in [5.74, 6) is 1.35. The topological polar surface area (TPSA) is 108 Å². The molecule has 1 N–H and O–H groups in total. The van der Waals surface area contributed by atoms with Crippen LogP contribution in [0.25, 0.3) is 5.78 Å². The number of sulfonamides is 1. The van der Waals surface area contributed by atoms with Gasteiger partial charge in [-0.05, 0) is 49.7 Å². The first kappa shape index (κ1) is 23.8. The second-order valence-corrected chi connectivity index (χ2v) is 10.2. The van der Waals surface area contributed by atoms with Gasteiger partial charge in [0.2, 0.25) is 0 Å². The fraction of sp³-hybridized carbons (Fsp3) is 0.261. The molecule has 2 aromatic carbocycles. The lowest BCUT2D eigenvalue weighted by molar-refractivity contribution is 0.354. The summed E-state index contributed by atoms with van der Waals surface area (Å²) in [4.78, 5) is 9.78. The minimum atomic E-state index is -3.81. The number of rotatable bonds is 9. The lowest BCUT2D eigenvalue weighted by Gasteiger charge is -2.13. The average molecular weight is 500 g/mol. The third-order valence-electron chi connectivity index (χ3n) is 5.17. The fourth-order valence-electron chi connectivity index (χ4n) is 3.50. The largest absolute Gasteiger partial charge is 0.493 e. The SMILES string of the molecule is CCCc1c(C)nc2ncnn2c1Sc1ccc(NS(=O)(=O)c2ccc(OC)c(OC)c2)cc1. The van der Waals surface area contributed by atoms with Crippen LogP contribution in [0.3, 0.4) is 0 Å². The lowest BCUT2D eigenvalue weighted by atomic mass is 10.1. The van der Waals surface area contributed by atoms with Gasteiger partial charge in [-0.1, -0.05) is 25.1 Å². The van der Waals surface area contributed by atoms with Crippen molar-refractivity contribution in [2.75, 3.05) is 18.9 Å². The van der Waals surface area contributed by atoms with Gasteiger partial charge < -0.3 is 9.47 Å². The number of fused-ring (bicyclic) bond motifs is 1. The summed E-state index contributed by atoms with van der Waals surface area (Å²) in [7, 11) is -0.851. The van der Waals surface area contributed by atoms with Crippen molar-refractivity contribution in [1.29, 1.82) is 0 Å². The predicted octanol–water partition coefficient (Wildman–Crippen LogP) is 4.35. The second kappa shape index (κ2) is 9.90. The van der Waals surface area contributed by atoms with Crippen LogP contribution in [-0.2, 0) is 16.4 Å². The molecule has 0 saturated heterocycles. The van der Waals surface area contributed by atoms with Crippen LogP contribution in [0.4, 0.5) is 5.69 Å². The minimum absolute atomic E-state index is 0.0774. The summed E-state index contributed by atoms with van der Waals surface area (Å²) in [5.41, 5.74) is 2.51. The molecular formula is C23H25N5O4S2. The molecule has 0 fully saturated rings. The molecule has 4 rings (SSSR count). The van der Waals surface area contributed by atoms with Crippen LogP contribution in [0.5, 0.6) is 11.5 Å². The third kappa shape index (κ3) is 4.80. The van der Waals surface area contributed by atoms with Crippen molar-refractivity contribution < 1.29 is 17.9 Å². The van der Waals surface area contributed by atoms with E-state index in [-0.39, 0.29) is 4.90 Å². The number of hydrogen-bond acceptors (Lipinski definition) is 8. The highest BCUT2D eigenvalue weighted by Gasteiger charge is 2.18. The number of methoxy groups -OCH3 is 2. The van der Waals surface area contributed by atoms with Crippen molar-refractivity contribution in [2.24, 2.45) is 0 Å². The first-order chi connectivity index (χ1) is 16.4. The molecule has 0 saturated carbocycles. The van der Waals surface area contributed by atoms with E-state index in [0.29, 0.717) is 23.0 Å². The molecule has 178 valence electrons. The Labute approximate surface area is 202 Å². The van der Waals surface area contributed by atoms with Gasteiger partial charge in [-0.15, -0.1) is 0 Å². The number of nitrogens with zero attached hydrogens (tertiary/aromatic N) is 4. The zero-order chi connectivity index (χ0) is 24.3. The number of aromatic nitrogens is 4. The highest BCUT2D eigenvalue weighted by Crippen LogP contribution is 2.34. The highest BCUT2D eigenvalue weighted by molar-refractivity contribution is 7.99. The Bertz CT molecular complexity index is 1420. The van der Waals surface area contributed by atoms with Gasteiger partial charge in [-0.3, -0.25) is 4.72 Å². The third-order valence-corrected chi connectivity index (χ3v) is 7.67. The fourth-order valence-corrected chi connectivity index (χ4v) is 5.66. The van der Waals surface area contributed by atoms with E-state index in [9.17, 15) is 8.42 Å². The molecule has 9 nitrogen and oxygen atoms in total. The van der Waals surface area contributed by atoms with Crippen LogP contribution in [-0.4, -0.2) is 42.2 Å². The monoisotopic (exact) mass is 499 g/mol. The van der Waals surface area contributed by atoms with E-state index < -0.39 is 10.0 Å². The van der Waals surface area contributed by atoms with E-state index in [4.69, 9.17) is 9.47 Å². The second-order valence-electron chi connectivity index (χ2n) is 7.45. The summed E-state index contributed by atoms with van der Waals surface area (Å²) in [6.45, 7) is 4.11. The number of aryl methyl sites for hydroxylation is 1. The van der Waals surface area contributed by atoms with Gasteiger partial charge >= 0.3 is 0 Å². The van der Waals surface area contributed by atoms with Crippen molar-refractivity contribution in [2.45, 2.75) is 41.5 Å². The maximum absolute atomic E-state index is 12.9. The molecule has 0 radical (unpaired) electrons. The Balaban J connectivity index is 1.58. The van der Waals surface area contributed by atoms with E-state index in [0.717, 1.165) is 34.0 Å². The normalized spacial score (nSPS) is 11.5. The lowest BCUT2D eigenvalue weighted by Crippen LogP contribution is -2.13. The van der Waals surface area contributed by atoms with Gasteiger partial charge in [-0.2, -0.15) is 14.6 Å². The van der Waals surface area contributed by atoms with Crippen LogP contribution in [0, 0.1) is 6.92 Å². The molecule has 4 aromatic rings. The van der Waals surface area contributed by atoms with Crippen LogP contribution in [0.15, 0.2) is 63.6 Å². The zero-order valence-corrected chi connectivity index (χ0v) is 20.9. The van der Waals surface area contributed by atoms with Crippen molar-refractivity contribution >= 4 is 33.3 Å². The van der Waals surface area contributed by atoms with Crippen molar-refractivity contribution in [3.8, 4) is 11.5 Å². The van der Waals surface area contributed by atoms with Crippen molar-refractivity contribution in [1.82, 2.24) is 19.6 Å². The first-order valence-corrected chi connectivity index (χ1v) is 12.9. The summed E-state index contributed by atoms with van der Waals surface area (Å²) < 4.78 is 40.5. The Kier molecular flexibility index (Phi) is 6.94. The van der Waals surface area contributed by atoms with Crippen molar-refractivity contribution in [3.05, 3.63) is 60.0 Å². The summed E-state index contributed by atoms with van der Waals surface area (Å²) in [6, 6.07) is 11.6. The van der Waals surface area contributed by atoms with E-state index in [2.05, 4.69) is 26.7 Å². The van der Waals surface area contributed by atoms with Gasteiger partial charge in [-0.25, -0.2) is 13.4 Å². The van der Waals surface area contributed by atoms with Gasteiger partial charge in [0, 0.05) is 27.9 Å². The average Bonchev–Trinajstić information content (AvgIpc) is 3.30. The molecule has 2 heterocycles. The molecule has 0 aliphatic heterocycles. The van der Waals surface area contributed by atoms with Gasteiger partial charge in [0.25, 0.3) is 15.8 Å². The Morgan fingerprint density at radius 3 is 2.47 bits per heavy atom. The van der Waals surface area contributed by atoms with Crippen LogP contribution < -0.4 is 14.2 Å². The van der Waals surface area contributed by atoms with E-state index in [1.165, 1.54) is 32.7 Å².